The van der Waals surface area contributed by atoms with Gasteiger partial charge < -0.3 is 15.3 Å². The smallest absolute Gasteiger partial charge is 0.240 e. The van der Waals surface area contributed by atoms with Crippen molar-refractivity contribution in [2.75, 3.05) is 13.1 Å². The Labute approximate surface area is 118 Å². The predicted octanol–water partition coefficient (Wildman–Crippen LogP) is 1.41. The molecule has 1 amide bonds. The highest BCUT2D eigenvalue weighted by atomic mass is 35.5. The zero-order valence-electron chi connectivity index (χ0n) is 11.0. The molecule has 104 valence electrons. The summed E-state index contributed by atoms with van der Waals surface area (Å²) in [6.07, 6.45) is 0.0608. The maximum Gasteiger partial charge on any atom is 0.240 e. The van der Waals surface area contributed by atoms with Crippen molar-refractivity contribution in [3.8, 4) is 0 Å². The molecule has 0 spiro atoms. The van der Waals surface area contributed by atoms with Crippen LogP contribution in [-0.2, 0) is 11.3 Å². The van der Waals surface area contributed by atoms with Gasteiger partial charge in [0.05, 0.1) is 12.1 Å². The summed E-state index contributed by atoms with van der Waals surface area (Å²) in [5, 5.41) is 13.2. The molecule has 0 aliphatic carbocycles. The van der Waals surface area contributed by atoms with Gasteiger partial charge in [0.15, 0.2) is 0 Å². The average molecular weight is 283 g/mol. The molecule has 1 fully saturated rings. The Hall–Kier alpha value is -1.10. The molecule has 1 aromatic rings. The molecule has 1 saturated heterocycles. The number of nitrogens with one attached hydrogen (secondary N) is 1. The number of benzene rings is 1. The third kappa shape index (κ3) is 3.47. The van der Waals surface area contributed by atoms with Gasteiger partial charge in [-0.2, -0.15) is 0 Å². The number of carbonyl (C=O) groups is 1. The summed E-state index contributed by atoms with van der Waals surface area (Å²) in [7, 11) is 0. The van der Waals surface area contributed by atoms with Crippen molar-refractivity contribution >= 4 is 17.5 Å². The number of hydrogen-bond acceptors (Lipinski definition) is 3. The second kappa shape index (κ2) is 6.37. The van der Waals surface area contributed by atoms with Crippen molar-refractivity contribution in [1.82, 2.24) is 10.2 Å². The van der Waals surface area contributed by atoms with E-state index in [0.717, 1.165) is 5.56 Å². The normalized spacial score (nSPS) is 22.5. The summed E-state index contributed by atoms with van der Waals surface area (Å²) >= 11 is 6.12. The van der Waals surface area contributed by atoms with Crippen LogP contribution < -0.4 is 5.32 Å². The minimum atomic E-state index is -0.423. The summed E-state index contributed by atoms with van der Waals surface area (Å²) in [6.45, 7) is 3.56. The van der Waals surface area contributed by atoms with Crippen molar-refractivity contribution in [3.63, 3.8) is 0 Å². The molecule has 1 aromatic carbocycles. The van der Waals surface area contributed by atoms with Crippen LogP contribution in [0.2, 0.25) is 5.02 Å². The first kappa shape index (κ1) is 14.3. The van der Waals surface area contributed by atoms with Gasteiger partial charge in [-0.1, -0.05) is 29.8 Å². The van der Waals surface area contributed by atoms with Gasteiger partial charge in [0.1, 0.15) is 0 Å². The van der Waals surface area contributed by atoms with Gasteiger partial charge in [0, 0.05) is 24.7 Å². The molecule has 2 atom stereocenters. The van der Waals surface area contributed by atoms with Gasteiger partial charge in [-0.05, 0) is 25.0 Å². The number of carbonyl (C=O) groups excluding carboxylic acids is 1. The fourth-order valence-corrected chi connectivity index (χ4v) is 2.50. The molecule has 0 bridgehead atoms. The Morgan fingerprint density at radius 2 is 2.26 bits per heavy atom. The molecule has 19 heavy (non-hydrogen) atoms. The van der Waals surface area contributed by atoms with E-state index in [-0.39, 0.29) is 11.9 Å². The van der Waals surface area contributed by atoms with Crippen molar-refractivity contribution in [2.24, 2.45) is 0 Å². The lowest BCUT2D eigenvalue weighted by Gasteiger charge is -2.24. The number of hydrogen-bond donors (Lipinski definition) is 2. The fraction of sp³-hybridized carbons (Fsp3) is 0.500. The van der Waals surface area contributed by atoms with Crippen molar-refractivity contribution in [2.45, 2.75) is 32.0 Å². The zero-order chi connectivity index (χ0) is 13.8. The molecule has 0 saturated carbocycles. The first-order valence-electron chi connectivity index (χ1n) is 6.55. The number of aliphatic hydroxyl groups is 1. The molecule has 0 radical (unpaired) electrons. The molecule has 5 heteroatoms. The zero-order valence-corrected chi connectivity index (χ0v) is 11.7. The summed E-state index contributed by atoms with van der Waals surface area (Å²) in [6, 6.07) is 7.26. The van der Waals surface area contributed by atoms with E-state index < -0.39 is 6.10 Å². The van der Waals surface area contributed by atoms with Crippen LogP contribution in [0.25, 0.3) is 0 Å². The Bertz CT molecular complexity index is 453. The van der Waals surface area contributed by atoms with E-state index in [1.165, 1.54) is 0 Å². The first-order chi connectivity index (χ1) is 9.11. The molecule has 2 rings (SSSR count). The van der Waals surface area contributed by atoms with E-state index in [4.69, 9.17) is 11.6 Å². The summed E-state index contributed by atoms with van der Waals surface area (Å²) in [4.78, 5) is 14.1. The standard InChI is InChI=1S/C14H19ClN2O2/c1-2-17(9-10-5-3-4-6-12(10)15)14(19)13-7-11(18)8-16-13/h3-6,11,13,16,18H,2,7-9H2,1H3/t11-,13-/m1/s1. The number of nitrogens with zero attached hydrogens (tertiary/aromatic N) is 1. The number of β-amino-alcohol motifs (C(OH)–C–C–N with tert-alkyl or cyclic N) is 1. The maximum atomic E-state index is 12.3. The Morgan fingerprint density at radius 1 is 1.53 bits per heavy atom. The lowest BCUT2D eigenvalue weighted by atomic mass is 10.1. The maximum absolute atomic E-state index is 12.3. The largest absolute Gasteiger partial charge is 0.392 e. The second-order valence-electron chi connectivity index (χ2n) is 4.79. The van der Waals surface area contributed by atoms with E-state index in [0.29, 0.717) is 31.1 Å². The van der Waals surface area contributed by atoms with Gasteiger partial charge >= 0.3 is 0 Å². The number of aliphatic hydroxyl groups excluding tert-OH is 1. The first-order valence-corrected chi connectivity index (χ1v) is 6.93. The highest BCUT2D eigenvalue weighted by molar-refractivity contribution is 6.31. The fourth-order valence-electron chi connectivity index (χ4n) is 2.30. The van der Waals surface area contributed by atoms with Gasteiger partial charge in [-0.15, -0.1) is 0 Å². The third-order valence-corrected chi connectivity index (χ3v) is 3.79. The molecule has 1 aliphatic rings. The van der Waals surface area contributed by atoms with E-state index in [1.807, 2.05) is 31.2 Å². The lowest BCUT2D eigenvalue weighted by molar-refractivity contribution is -0.133. The average Bonchev–Trinajstić information content (AvgIpc) is 2.84. The van der Waals surface area contributed by atoms with Crippen molar-refractivity contribution in [1.29, 1.82) is 0 Å². The number of amides is 1. The number of likely N-dealkylation sites (N-methyl/N-ethyl adjacent to an activating group) is 1. The molecular formula is C14H19ClN2O2. The van der Waals surface area contributed by atoms with Crippen LogP contribution in [0, 0.1) is 0 Å². The lowest BCUT2D eigenvalue weighted by Crippen LogP contribution is -2.43. The van der Waals surface area contributed by atoms with Crippen LogP contribution in [0.3, 0.4) is 0 Å². The predicted molar refractivity (Wildman–Crippen MR) is 75.0 cm³/mol. The van der Waals surface area contributed by atoms with E-state index in [2.05, 4.69) is 5.32 Å². The van der Waals surface area contributed by atoms with Crippen LogP contribution in [0.1, 0.15) is 18.9 Å². The molecule has 0 unspecified atom stereocenters. The van der Waals surface area contributed by atoms with E-state index in [9.17, 15) is 9.90 Å². The van der Waals surface area contributed by atoms with Crippen molar-refractivity contribution < 1.29 is 9.90 Å². The topological polar surface area (TPSA) is 52.6 Å². The number of halogens is 1. The molecule has 1 aliphatic heterocycles. The molecule has 4 nitrogen and oxygen atoms in total. The second-order valence-corrected chi connectivity index (χ2v) is 5.20. The molecule has 2 N–H and O–H groups in total. The van der Waals surface area contributed by atoms with Crippen LogP contribution in [-0.4, -0.2) is 41.1 Å². The Kier molecular flexibility index (Phi) is 4.80. The van der Waals surface area contributed by atoms with Crippen LogP contribution in [0.15, 0.2) is 24.3 Å². The highest BCUT2D eigenvalue weighted by Crippen LogP contribution is 2.18. The van der Waals surface area contributed by atoms with Gasteiger partial charge in [0.2, 0.25) is 5.91 Å². The van der Waals surface area contributed by atoms with E-state index >= 15 is 0 Å². The van der Waals surface area contributed by atoms with Gasteiger partial charge in [-0.25, -0.2) is 0 Å². The Morgan fingerprint density at radius 3 is 2.84 bits per heavy atom. The minimum absolute atomic E-state index is 0.0268. The SMILES string of the molecule is CCN(Cc1ccccc1Cl)C(=O)[C@H]1C[C@@H](O)CN1. The van der Waals surface area contributed by atoms with Crippen molar-refractivity contribution in [3.05, 3.63) is 34.9 Å². The summed E-state index contributed by atoms with van der Waals surface area (Å²) in [5.41, 5.74) is 0.943. The van der Waals surface area contributed by atoms with Gasteiger partial charge in [0.25, 0.3) is 0 Å². The highest BCUT2D eigenvalue weighted by Gasteiger charge is 2.30. The van der Waals surface area contributed by atoms with Crippen LogP contribution in [0.4, 0.5) is 0 Å². The molecular weight excluding hydrogens is 264 g/mol. The van der Waals surface area contributed by atoms with Gasteiger partial charge in [-0.3, -0.25) is 4.79 Å². The third-order valence-electron chi connectivity index (χ3n) is 3.42. The molecule has 0 aromatic heterocycles. The van der Waals surface area contributed by atoms with Crippen LogP contribution in [0.5, 0.6) is 0 Å². The number of rotatable bonds is 4. The minimum Gasteiger partial charge on any atom is -0.392 e. The Balaban J connectivity index is 2.04. The quantitative estimate of drug-likeness (QED) is 0.878. The summed E-state index contributed by atoms with van der Waals surface area (Å²) < 4.78 is 0. The monoisotopic (exact) mass is 282 g/mol. The van der Waals surface area contributed by atoms with E-state index in [1.54, 1.807) is 4.90 Å². The molecule has 1 heterocycles. The van der Waals surface area contributed by atoms with Crippen LogP contribution >= 0.6 is 11.6 Å². The summed E-state index contributed by atoms with van der Waals surface area (Å²) in [5.74, 6) is 0.0268.